The first-order chi connectivity index (χ1) is 10.1. The van der Waals surface area contributed by atoms with E-state index in [1.165, 1.54) is 0 Å². The molecule has 0 aliphatic rings. The van der Waals surface area contributed by atoms with Gasteiger partial charge >= 0.3 is 42.2 Å². The zero-order valence-electron chi connectivity index (χ0n) is 10.0. The highest BCUT2D eigenvalue weighted by Crippen LogP contribution is 2.49. The Balaban J connectivity index is 5.87. The molecule has 0 unspecified atom stereocenters. The van der Waals surface area contributed by atoms with Crippen LogP contribution in [0.3, 0.4) is 0 Å². The van der Waals surface area contributed by atoms with Crippen LogP contribution in [-0.4, -0.2) is 42.2 Å². The fourth-order valence-electron chi connectivity index (χ4n) is 0.732. The fraction of sp³-hybridized carbons (Fsp3) is 0.857. The van der Waals surface area contributed by atoms with Gasteiger partial charge in [-0.1, -0.05) is 0 Å². The van der Waals surface area contributed by atoms with E-state index in [2.05, 4.69) is 0 Å². The van der Waals surface area contributed by atoms with Gasteiger partial charge in [0.2, 0.25) is 0 Å². The molecule has 0 amide bonds. The van der Waals surface area contributed by atoms with Crippen molar-refractivity contribution >= 4 is 5.97 Å². The van der Waals surface area contributed by atoms with Crippen LogP contribution in [0.5, 0.6) is 0 Å². The first-order valence-corrected chi connectivity index (χ1v) is 4.70. The number of nitrogens with zero attached hydrogens (tertiary/aromatic N) is 1. The van der Waals surface area contributed by atoms with Crippen molar-refractivity contribution < 1.29 is 70.7 Å². The number of hydrogen-bond donors (Lipinski definition) is 0. The molecule has 24 heavy (non-hydrogen) atoms. The Morgan fingerprint density at radius 1 is 0.583 bits per heavy atom. The molecule has 0 atom stereocenters. The summed E-state index contributed by atoms with van der Waals surface area (Å²) in [5.41, 5.74) is 0. The van der Waals surface area contributed by atoms with Crippen molar-refractivity contribution in [2.75, 3.05) is 0 Å². The topological polar surface area (TPSA) is 21.6 Å². The van der Waals surface area contributed by atoms with Crippen LogP contribution >= 0.6 is 0 Å². The number of halogens is 15. The molecule has 0 aromatic rings. The molecule has 0 saturated heterocycles. The van der Waals surface area contributed by atoms with E-state index in [0.717, 1.165) is 0 Å². The van der Waals surface area contributed by atoms with Crippen molar-refractivity contribution in [3.8, 4) is 0 Å². The second kappa shape index (κ2) is 5.75. The largest absolute Gasteiger partial charge is 0.472 e. The van der Waals surface area contributed by atoms with Crippen LogP contribution in [-0.2, 0) is 4.84 Å². The quantitative estimate of drug-likeness (QED) is 0.374. The summed E-state index contributed by atoms with van der Waals surface area (Å²) in [5, 5.41) is 0.486. The molecule has 2 nitrogen and oxygen atoms in total. The summed E-state index contributed by atoms with van der Waals surface area (Å²) < 4.78 is 181. The molecular weight excluding hydrogens is 399 g/mol. The van der Waals surface area contributed by atoms with E-state index in [1.54, 1.807) is 0 Å². The molecule has 17 heteroatoms. The molecule has 0 aromatic carbocycles. The van der Waals surface area contributed by atoms with Crippen molar-refractivity contribution in [3.05, 3.63) is 0 Å². The first-order valence-electron chi connectivity index (χ1n) is 4.70. The van der Waals surface area contributed by atoms with Crippen molar-refractivity contribution in [1.82, 2.24) is 0 Å². The highest BCUT2D eigenvalue weighted by atomic mass is 19.4. The van der Waals surface area contributed by atoms with Crippen molar-refractivity contribution in [2.45, 2.75) is 36.2 Å². The van der Waals surface area contributed by atoms with Crippen LogP contribution in [0.2, 0.25) is 0 Å². The third kappa shape index (κ3) is 3.57. The van der Waals surface area contributed by atoms with Crippen LogP contribution in [0.4, 0.5) is 65.9 Å². The summed E-state index contributed by atoms with van der Waals surface area (Å²) in [6, 6.07) is 0. The smallest absolute Gasteiger partial charge is 0.332 e. The molecule has 0 rings (SSSR count). The third-order valence-electron chi connectivity index (χ3n) is 1.99. The Morgan fingerprint density at radius 2 is 0.917 bits per heavy atom. The van der Waals surface area contributed by atoms with Crippen molar-refractivity contribution in [3.63, 3.8) is 0 Å². The Labute approximate surface area is 119 Å². The lowest BCUT2D eigenvalue weighted by molar-refractivity contribution is -0.431. The van der Waals surface area contributed by atoms with Crippen LogP contribution in [0.15, 0.2) is 5.16 Å². The molecular formula is C7F15NO. The molecule has 0 heterocycles. The van der Waals surface area contributed by atoms with Crippen LogP contribution in [0.25, 0.3) is 0 Å². The van der Waals surface area contributed by atoms with Gasteiger partial charge in [0.25, 0.3) is 0 Å². The van der Waals surface area contributed by atoms with E-state index in [-0.39, 0.29) is 0 Å². The average Bonchev–Trinajstić information content (AvgIpc) is 2.30. The maximum Gasteiger partial charge on any atom is 0.472 e. The summed E-state index contributed by atoms with van der Waals surface area (Å²) in [6.07, 6.45) is -21.4. The third-order valence-corrected chi connectivity index (χ3v) is 1.99. The molecule has 0 aliphatic carbocycles. The normalized spacial score (nSPS) is 16.4. The van der Waals surface area contributed by atoms with Gasteiger partial charge in [-0.2, -0.15) is 65.9 Å². The molecule has 144 valence electrons. The summed E-state index contributed by atoms with van der Waals surface area (Å²) in [4.78, 5) is 1.83. The number of alkyl halides is 14. The SMILES string of the molecule is FC(=NOC(F)(C(F)(F)F)C(F)(F)F)C(F)(F)C(F)(F)C(F)(F)F. The highest BCUT2D eigenvalue weighted by molar-refractivity contribution is 5.83. The van der Waals surface area contributed by atoms with Crippen LogP contribution < -0.4 is 0 Å². The minimum absolute atomic E-state index is 0.486. The van der Waals surface area contributed by atoms with E-state index < -0.39 is 42.2 Å². The van der Waals surface area contributed by atoms with Crippen molar-refractivity contribution in [2.24, 2.45) is 5.16 Å². The predicted octanol–water partition coefficient (Wildman–Crippen LogP) is 4.91. The van der Waals surface area contributed by atoms with Gasteiger partial charge in [0.15, 0.2) is 0 Å². The fourth-order valence-corrected chi connectivity index (χ4v) is 0.732. The Bertz CT molecular complexity index is 468. The minimum atomic E-state index is -7.31. The van der Waals surface area contributed by atoms with Gasteiger partial charge in [-0.15, -0.1) is 0 Å². The average molecular weight is 399 g/mol. The van der Waals surface area contributed by atoms with E-state index in [1.807, 2.05) is 4.84 Å². The monoisotopic (exact) mass is 399 g/mol. The minimum Gasteiger partial charge on any atom is -0.332 e. The summed E-state index contributed by atoms with van der Waals surface area (Å²) in [6.45, 7) is 0. The molecule has 0 radical (unpaired) electrons. The number of rotatable bonds is 4. The van der Waals surface area contributed by atoms with Gasteiger partial charge in [0.1, 0.15) is 0 Å². The maximum atomic E-state index is 12.7. The van der Waals surface area contributed by atoms with E-state index in [9.17, 15) is 65.9 Å². The summed E-state index contributed by atoms with van der Waals surface area (Å²) in [5.74, 6) is -25.9. The highest BCUT2D eigenvalue weighted by Gasteiger charge is 2.78. The predicted molar refractivity (Wildman–Crippen MR) is 41.5 cm³/mol. The molecule has 0 bridgehead atoms. The van der Waals surface area contributed by atoms with E-state index in [4.69, 9.17) is 0 Å². The van der Waals surface area contributed by atoms with Gasteiger partial charge in [-0.25, -0.2) is 0 Å². The standard InChI is InChI=1S/C7F15NO/c8-1(2(9,10)3(11,12)5(14,15)16)23-24-4(13,6(17,18)19)7(20,21)22. The van der Waals surface area contributed by atoms with Crippen molar-refractivity contribution in [1.29, 1.82) is 0 Å². The Kier molecular flexibility index (Phi) is 5.37. The molecule has 0 spiro atoms. The second-order valence-corrected chi connectivity index (χ2v) is 3.71. The van der Waals surface area contributed by atoms with Gasteiger partial charge in [-0.05, 0) is 5.16 Å². The van der Waals surface area contributed by atoms with E-state index >= 15 is 0 Å². The lowest BCUT2D eigenvalue weighted by Crippen LogP contribution is -2.56. The van der Waals surface area contributed by atoms with Gasteiger partial charge < -0.3 is 4.84 Å². The Morgan fingerprint density at radius 3 is 1.17 bits per heavy atom. The maximum absolute atomic E-state index is 12.7. The number of hydrogen-bond acceptors (Lipinski definition) is 2. The molecule has 0 aliphatic heterocycles. The lowest BCUT2D eigenvalue weighted by atomic mass is 10.1. The lowest BCUT2D eigenvalue weighted by Gasteiger charge is -2.28. The second-order valence-electron chi connectivity index (χ2n) is 3.71. The zero-order valence-corrected chi connectivity index (χ0v) is 10.0. The van der Waals surface area contributed by atoms with Gasteiger partial charge in [0, 0.05) is 0 Å². The van der Waals surface area contributed by atoms with Crippen LogP contribution in [0.1, 0.15) is 0 Å². The Hall–Kier alpha value is -1.58. The first kappa shape index (κ1) is 22.4. The van der Waals surface area contributed by atoms with Gasteiger partial charge in [0.05, 0.1) is 0 Å². The van der Waals surface area contributed by atoms with Gasteiger partial charge in [-0.3, -0.25) is 0 Å². The molecule has 0 fully saturated rings. The number of oxime groups is 1. The molecule has 0 saturated carbocycles. The van der Waals surface area contributed by atoms with E-state index in [0.29, 0.717) is 5.16 Å². The molecule has 0 N–H and O–H groups in total. The molecule has 0 aromatic heterocycles. The van der Waals surface area contributed by atoms with Crippen LogP contribution in [0, 0.1) is 0 Å². The zero-order chi connectivity index (χ0) is 20.0. The summed E-state index contributed by atoms with van der Waals surface area (Å²) >= 11 is 0. The summed E-state index contributed by atoms with van der Waals surface area (Å²) in [7, 11) is 0.